The van der Waals surface area contributed by atoms with Gasteiger partial charge in [-0.3, -0.25) is 0 Å². The van der Waals surface area contributed by atoms with Gasteiger partial charge in [-0.15, -0.1) is 0 Å². The molecule has 0 amide bonds. The maximum atomic E-state index is 8.28. The van der Waals surface area contributed by atoms with Crippen LogP contribution in [0.1, 0.15) is 0 Å². The van der Waals surface area contributed by atoms with E-state index >= 15 is 0 Å². The molecule has 0 bridgehead atoms. The molecule has 0 aromatic rings. The summed E-state index contributed by atoms with van der Waals surface area (Å²) in [7, 11) is 0. The third-order valence-corrected chi connectivity index (χ3v) is 0. The predicted molar refractivity (Wildman–Crippen MR) is 15.0 cm³/mol. The van der Waals surface area contributed by atoms with Crippen molar-refractivity contribution in [1.29, 1.82) is 0 Å². The predicted octanol–water partition coefficient (Wildman–Crippen LogP) is -1.42. The Balaban J connectivity index is -0.00000000167. The first kappa shape index (κ1) is 24.5. The normalized spacial score (nSPS) is 0.600. The first-order valence-corrected chi connectivity index (χ1v) is 0.866. The Bertz CT molecular complexity index is 11.6. The van der Waals surface area contributed by atoms with Crippen molar-refractivity contribution in [3.63, 3.8) is 0 Å². The summed E-state index contributed by atoms with van der Waals surface area (Å²) in [5.74, 6) is 0. The molecule has 0 aromatic heterocycles. The molecule has 0 atom stereocenters. The minimum absolute atomic E-state index is 0. The van der Waals surface area contributed by atoms with Crippen molar-refractivity contribution < 1.29 is 65.6 Å². The number of rotatable bonds is 0. The SMILES string of the molecule is [La].[LiH].[O]=[AlH].[Zr]. The van der Waals surface area contributed by atoms with Crippen LogP contribution in [-0.2, 0) is 30.0 Å². The number of hydrogen-bond acceptors (Lipinski definition) is 1. The van der Waals surface area contributed by atoms with Crippen LogP contribution in [0.2, 0.25) is 0 Å². The molecular weight excluding hydrogens is 280 g/mol. The molecule has 0 heterocycles. The Morgan fingerprint density at radius 1 is 1.20 bits per heavy atom. The molecule has 1 nitrogen and oxygen atoms in total. The standard InChI is InChI=1S/Al.La.Li.O.Zr.2H. The van der Waals surface area contributed by atoms with Crippen molar-refractivity contribution in [2.75, 3.05) is 0 Å². The molecule has 0 fully saturated rings. The molecule has 0 aliphatic carbocycles. The van der Waals surface area contributed by atoms with Gasteiger partial charge in [0.1, 0.15) is 0 Å². The van der Waals surface area contributed by atoms with E-state index in [1.54, 1.807) is 0 Å². The van der Waals surface area contributed by atoms with Crippen LogP contribution < -0.4 is 0 Å². The zero-order valence-corrected chi connectivity index (χ0v) is 9.69. The van der Waals surface area contributed by atoms with Crippen LogP contribution in [0.3, 0.4) is 0 Å². The average molecular weight is 282 g/mol. The molecular formula is H2AlLaLiOZr. The second kappa shape index (κ2) is 28.0. The Kier molecular flexibility index (Phi) is 137. The molecule has 0 spiro atoms. The van der Waals surface area contributed by atoms with Crippen molar-refractivity contribution in [2.45, 2.75) is 0 Å². The van der Waals surface area contributed by atoms with E-state index in [1.807, 2.05) is 0 Å². The summed E-state index contributed by atoms with van der Waals surface area (Å²) in [4.78, 5) is 0. The summed E-state index contributed by atoms with van der Waals surface area (Å²) in [5.41, 5.74) is 0. The minimum atomic E-state index is 0. The topological polar surface area (TPSA) is 17.1 Å². The first-order chi connectivity index (χ1) is 1.00. The van der Waals surface area contributed by atoms with Gasteiger partial charge in [0.2, 0.25) is 0 Å². The molecule has 5 heavy (non-hydrogen) atoms. The van der Waals surface area contributed by atoms with Gasteiger partial charge in [0, 0.05) is 61.8 Å². The Morgan fingerprint density at radius 2 is 1.20 bits per heavy atom. The molecule has 0 aliphatic heterocycles. The first-order valence-electron chi connectivity index (χ1n) is 0.289. The van der Waals surface area contributed by atoms with Gasteiger partial charge in [-0.05, 0) is 0 Å². The molecule has 1 radical (unpaired) electrons. The second-order valence-corrected chi connectivity index (χ2v) is 0. The zero-order chi connectivity index (χ0) is 2.00. The van der Waals surface area contributed by atoms with E-state index in [1.165, 1.54) is 0 Å². The summed E-state index contributed by atoms with van der Waals surface area (Å²) in [6, 6.07) is 0. The van der Waals surface area contributed by atoms with Gasteiger partial charge in [0.05, 0.1) is 0 Å². The van der Waals surface area contributed by atoms with Gasteiger partial charge < -0.3 is 0 Å². The van der Waals surface area contributed by atoms with Crippen molar-refractivity contribution >= 4 is 35.1 Å². The van der Waals surface area contributed by atoms with E-state index in [4.69, 9.17) is 3.80 Å². The second-order valence-electron chi connectivity index (χ2n) is 0. The van der Waals surface area contributed by atoms with Crippen LogP contribution in [0.25, 0.3) is 0 Å². The van der Waals surface area contributed by atoms with E-state index in [0.717, 1.165) is 0 Å². The van der Waals surface area contributed by atoms with Gasteiger partial charge >= 0.3 is 38.9 Å². The molecule has 0 unspecified atom stereocenters. The molecule has 0 N–H and O–H groups in total. The van der Waals surface area contributed by atoms with Crippen LogP contribution in [0, 0.1) is 35.6 Å². The van der Waals surface area contributed by atoms with E-state index in [0.29, 0.717) is 16.2 Å². The maximum Gasteiger partial charge on any atom is 0 e. The maximum absolute atomic E-state index is 8.28. The largest absolute Gasteiger partial charge is 0 e. The van der Waals surface area contributed by atoms with Crippen molar-refractivity contribution in [3.05, 3.63) is 0 Å². The third-order valence-electron chi connectivity index (χ3n) is 0. The zero-order valence-electron chi connectivity index (χ0n) is 2.19. The van der Waals surface area contributed by atoms with Crippen LogP contribution in [0.15, 0.2) is 0 Å². The van der Waals surface area contributed by atoms with E-state index in [9.17, 15) is 0 Å². The monoisotopic (exact) mass is 281 g/mol. The molecule has 0 saturated carbocycles. The van der Waals surface area contributed by atoms with Crippen LogP contribution in [-0.4, -0.2) is 35.1 Å². The molecule has 5 heteroatoms. The summed E-state index contributed by atoms with van der Waals surface area (Å²) in [6.45, 7) is 0. The quantitative estimate of drug-likeness (QED) is 0.499. The summed E-state index contributed by atoms with van der Waals surface area (Å²) in [5, 5.41) is 0. The van der Waals surface area contributed by atoms with Crippen LogP contribution in [0.4, 0.5) is 0 Å². The van der Waals surface area contributed by atoms with Crippen molar-refractivity contribution in [1.82, 2.24) is 0 Å². The smallest absolute Gasteiger partial charge is 0 e. The fourth-order valence-corrected chi connectivity index (χ4v) is 0. The Labute approximate surface area is 98.6 Å². The van der Waals surface area contributed by atoms with E-state index in [-0.39, 0.29) is 80.7 Å². The average Bonchev–Trinajstić information content (AvgIpc) is 1.00. The molecule has 0 saturated heterocycles. The minimum Gasteiger partial charge on any atom is 0 e. The molecule has 0 aromatic carbocycles. The fraction of sp³-hybridized carbons (Fsp3) is 0. The van der Waals surface area contributed by atoms with Gasteiger partial charge in [-0.2, -0.15) is 0 Å². The van der Waals surface area contributed by atoms with Crippen molar-refractivity contribution in [3.8, 4) is 0 Å². The van der Waals surface area contributed by atoms with Gasteiger partial charge in [0.15, 0.2) is 0 Å². The summed E-state index contributed by atoms with van der Waals surface area (Å²) in [6.07, 6.45) is 0. The van der Waals surface area contributed by atoms with Gasteiger partial charge in [-0.25, -0.2) is 0 Å². The summed E-state index contributed by atoms with van der Waals surface area (Å²) < 4.78 is 8.28. The van der Waals surface area contributed by atoms with Crippen LogP contribution in [0.5, 0.6) is 0 Å². The van der Waals surface area contributed by atoms with Gasteiger partial charge in [-0.1, -0.05) is 0 Å². The van der Waals surface area contributed by atoms with E-state index in [2.05, 4.69) is 0 Å². The molecule has 19 valence electrons. The third kappa shape index (κ3) is 19.4. The Morgan fingerprint density at radius 3 is 1.20 bits per heavy atom. The summed E-state index contributed by atoms with van der Waals surface area (Å²) >= 11 is 0.611. The fourth-order valence-electron chi connectivity index (χ4n) is 0. The van der Waals surface area contributed by atoms with Crippen LogP contribution >= 0.6 is 0 Å². The number of hydrogen-bond donors (Lipinski definition) is 0. The van der Waals surface area contributed by atoms with E-state index < -0.39 is 0 Å². The van der Waals surface area contributed by atoms with Crippen molar-refractivity contribution in [2.24, 2.45) is 0 Å². The Hall–Kier alpha value is 3.01. The van der Waals surface area contributed by atoms with Gasteiger partial charge in [0.25, 0.3) is 0 Å². The molecule has 0 rings (SSSR count). The molecule has 0 aliphatic rings.